The van der Waals surface area contributed by atoms with Gasteiger partial charge in [0.15, 0.2) is 0 Å². The van der Waals surface area contributed by atoms with Crippen molar-refractivity contribution in [2.45, 2.75) is 59.3 Å². The van der Waals surface area contributed by atoms with E-state index in [1.807, 2.05) is 6.92 Å². The highest BCUT2D eigenvalue weighted by molar-refractivity contribution is 5.87. The van der Waals surface area contributed by atoms with Crippen molar-refractivity contribution in [2.75, 3.05) is 6.61 Å². The quantitative estimate of drug-likeness (QED) is 0.347. The minimum absolute atomic E-state index is 0.175. The lowest BCUT2D eigenvalue weighted by Crippen LogP contribution is -2.06. The van der Waals surface area contributed by atoms with Crippen LogP contribution in [0.15, 0.2) is 11.6 Å². The second kappa shape index (κ2) is 9.75. The van der Waals surface area contributed by atoms with Crippen LogP contribution in [0.2, 0.25) is 0 Å². The van der Waals surface area contributed by atoms with Crippen LogP contribution in [-0.2, 0) is 9.53 Å². The summed E-state index contributed by atoms with van der Waals surface area (Å²) in [6.45, 7) is 6.41. The van der Waals surface area contributed by atoms with Crippen molar-refractivity contribution in [3.05, 3.63) is 11.6 Å². The zero-order chi connectivity index (χ0) is 11.5. The van der Waals surface area contributed by atoms with Gasteiger partial charge in [0.1, 0.15) is 0 Å². The van der Waals surface area contributed by atoms with Gasteiger partial charge in [0.25, 0.3) is 0 Å². The van der Waals surface area contributed by atoms with Gasteiger partial charge in [-0.1, -0.05) is 45.1 Å². The van der Waals surface area contributed by atoms with Gasteiger partial charge in [0.2, 0.25) is 0 Å². The fourth-order valence-electron chi connectivity index (χ4n) is 1.28. The van der Waals surface area contributed by atoms with Crippen molar-refractivity contribution in [2.24, 2.45) is 0 Å². The zero-order valence-corrected chi connectivity index (χ0v) is 10.3. The Morgan fingerprint density at radius 1 is 1.13 bits per heavy atom. The van der Waals surface area contributed by atoms with E-state index in [1.165, 1.54) is 32.1 Å². The Hall–Kier alpha value is -0.790. The molecule has 0 unspecified atom stereocenters. The van der Waals surface area contributed by atoms with Gasteiger partial charge >= 0.3 is 5.97 Å². The smallest absolute Gasteiger partial charge is 0.333 e. The summed E-state index contributed by atoms with van der Waals surface area (Å²) in [5.41, 5.74) is 0.695. The maximum atomic E-state index is 11.2. The predicted octanol–water partition coefficient (Wildman–Crippen LogP) is 3.86. The van der Waals surface area contributed by atoms with Crippen molar-refractivity contribution in [3.8, 4) is 0 Å². The van der Waals surface area contributed by atoms with Crippen LogP contribution in [-0.4, -0.2) is 12.6 Å². The molecular weight excluding hydrogens is 188 g/mol. The van der Waals surface area contributed by atoms with Crippen LogP contribution in [0.5, 0.6) is 0 Å². The standard InChI is InChI=1S/C13H24O2/c1-4-6-7-8-9-10-11-15-13(14)12(3)5-2/h5H,4,6-11H2,1-3H3/b12-5-. The molecule has 0 spiro atoms. The molecule has 15 heavy (non-hydrogen) atoms. The van der Waals surface area contributed by atoms with E-state index in [1.54, 1.807) is 13.0 Å². The van der Waals surface area contributed by atoms with Crippen LogP contribution in [0, 0.1) is 0 Å². The molecule has 0 aliphatic rings. The molecular formula is C13H24O2. The SMILES string of the molecule is C/C=C(/C)C(=O)OCCCCCCCC. The molecule has 0 amide bonds. The largest absolute Gasteiger partial charge is 0.462 e. The van der Waals surface area contributed by atoms with Gasteiger partial charge in [0.05, 0.1) is 6.61 Å². The molecule has 88 valence electrons. The van der Waals surface area contributed by atoms with Gasteiger partial charge in [0, 0.05) is 5.57 Å². The van der Waals surface area contributed by atoms with Crippen molar-refractivity contribution in [3.63, 3.8) is 0 Å². The molecule has 0 aromatic rings. The second-order valence-corrected chi connectivity index (χ2v) is 3.88. The summed E-state index contributed by atoms with van der Waals surface area (Å²) in [7, 11) is 0. The zero-order valence-electron chi connectivity index (χ0n) is 10.3. The first-order chi connectivity index (χ1) is 7.22. The van der Waals surface area contributed by atoms with Crippen LogP contribution in [0.1, 0.15) is 59.3 Å². The number of unbranched alkanes of at least 4 members (excludes halogenated alkanes) is 5. The number of ether oxygens (including phenoxy) is 1. The van der Waals surface area contributed by atoms with Gasteiger partial charge < -0.3 is 4.74 Å². The average molecular weight is 212 g/mol. The van der Waals surface area contributed by atoms with E-state index in [2.05, 4.69) is 6.92 Å². The van der Waals surface area contributed by atoms with Crippen LogP contribution in [0.25, 0.3) is 0 Å². The van der Waals surface area contributed by atoms with E-state index in [9.17, 15) is 4.79 Å². The Kier molecular flexibility index (Phi) is 9.24. The topological polar surface area (TPSA) is 26.3 Å². The third-order valence-corrected chi connectivity index (χ3v) is 2.49. The Bertz CT molecular complexity index is 195. The third-order valence-electron chi connectivity index (χ3n) is 2.49. The van der Waals surface area contributed by atoms with Crippen molar-refractivity contribution >= 4 is 5.97 Å². The average Bonchev–Trinajstić information content (AvgIpc) is 2.26. The van der Waals surface area contributed by atoms with Gasteiger partial charge in [-0.15, -0.1) is 0 Å². The summed E-state index contributed by atoms with van der Waals surface area (Å²) in [4.78, 5) is 11.2. The van der Waals surface area contributed by atoms with E-state index < -0.39 is 0 Å². The maximum Gasteiger partial charge on any atom is 0.333 e. The summed E-state index contributed by atoms with van der Waals surface area (Å²) in [6.07, 6.45) is 9.09. The second-order valence-electron chi connectivity index (χ2n) is 3.88. The molecule has 2 nitrogen and oxygen atoms in total. The van der Waals surface area contributed by atoms with E-state index in [4.69, 9.17) is 4.74 Å². The van der Waals surface area contributed by atoms with Gasteiger partial charge in [-0.3, -0.25) is 0 Å². The van der Waals surface area contributed by atoms with Crippen LogP contribution in [0.3, 0.4) is 0 Å². The third kappa shape index (κ3) is 8.22. The number of hydrogen-bond acceptors (Lipinski definition) is 2. The lowest BCUT2D eigenvalue weighted by molar-refractivity contribution is -0.139. The Balaban J connectivity index is 3.28. The molecule has 0 saturated carbocycles. The maximum absolute atomic E-state index is 11.2. The summed E-state index contributed by atoms with van der Waals surface area (Å²) in [5.74, 6) is -0.175. The number of allylic oxidation sites excluding steroid dienone is 1. The summed E-state index contributed by atoms with van der Waals surface area (Å²) in [5, 5.41) is 0. The normalized spacial score (nSPS) is 11.5. The molecule has 2 heteroatoms. The van der Waals surface area contributed by atoms with E-state index in [0.29, 0.717) is 12.2 Å². The van der Waals surface area contributed by atoms with Crippen molar-refractivity contribution < 1.29 is 9.53 Å². The predicted molar refractivity (Wildman–Crippen MR) is 63.8 cm³/mol. The fourth-order valence-corrected chi connectivity index (χ4v) is 1.28. The van der Waals surface area contributed by atoms with Crippen LogP contribution >= 0.6 is 0 Å². The summed E-state index contributed by atoms with van der Waals surface area (Å²) < 4.78 is 5.09. The molecule has 0 radical (unpaired) electrons. The van der Waals surface area contributed by atoms with Crippen LogP contribution < -0.4 is 0 Å². The molecule has 0 atom stereocenters. The van der Waals surface area contributed by atoms with Crippen molar-refractivity contribution in [1.82, 2.24) is 0 Å². The van der Waals surface area contributed by atoms with Crippen LogP contribution in [0.4, 0.5) is 0 Å². The molecule has 0 N–H and O–H groups in total. The number of rotatable bonds is 8. The molecule has 0 aliphatic carbocycles. The number of carbonyl (C=O) groups excluding carboxylic acids is 1. The molecule has 0 aromatic carbocycles. The lowest BCUT2D eigenvalue weighted by atomic mass is 10.1. The fraction of sp³-hybridized carbons (Fsp3) is 0.769. The Morgan fingerprint density at radius 2 is 1.73 bits per heavy atom. The van der Waals surface area contributed by atoms with Crippen molar-refractivity contribution in [1.29, 1.82) is 0 Å². The van der Waals surface area contributed by atoms with E-state index in [-0.39, 0.29) is 5.97 Å². The van der Waals surface area contributed by atoms with Gasteiger partial charge in [-0.2, -0.15) is 0 Å². The molecule has 0 aromatic heterocycles. The number of carbonyl (C=O) groups is 1. The number of esters is 1. The molecule has 0 saturated heterocycles. The highest BCUT2D eigenvalue weighted by Crippen LogP contribution is 2.05. The minimum atomic E-state index is -0.175. The molecule has 0 heterocycles. The molecule has 0 aliphatic heterocycles. The summed E-state index contributed by atoms with van der Waals surface area (Å²) in [6, 6.07) is 0. The van der Waals surface area contributed by atoms with E-state index >= 15 is 0 Å². The summed E-state index contributed by atoms with van der Waals surface area (Å²) >= 11 is 0. The minimum Gasteiger partial charge on any atom is -0.462 e. The first kappa shape index (κ1) is 14.2. The molecule has 0 fully saturated rings. The monoisotopic (exact) mass is 212 g/mol. The Morgan fingerprint density at radius 3 is 2.33 bits per heavy atom. The highest BCUT2D eigenvalue weighted by atomic mass is 16.5. The first-order valence-corrected chi connectivity index (χ1v) is 6.02. The molecule has 0 rings (SSSR count). The van der Waals surface area contributed by atoms with E-state index in [0.717, 1.165) is 6.42 Å². The number of hydrogen-bond donors (Lipinski definition) is 0. The molecule has 0 bridgehead atoms. The lowest BCUT2D eigenvalue weighted by Gasteiger charge is -2.04. The van der Waals surface area contributed by atoms with Gasteiger partial charge in [-0.25, -0.2) is 4.79 Å². The van der Waals surface area contributed by atoms with Gasteiger partial charge in [-0.05, 0) is 20.3 Å². The first-order valence-electron chi connectivity index (χ1n) is 6.02. The highest BCUT2D eigenvalue weighted by Gasteiger charge is 2.02. The Labute approximate surface area is 93.7 Å².